The third-order valence-corrected chi connectivity index (χ3v) is 4.66. The Morgan fingerprint density at radius 3 is 2.70 bits per heavy atom. The Balaban J connectivity index is 1.53. The summed E-state index contributed by atoms with van der Waals surface area (Å²) in [5, 5.41) is 6.74. The molecule has 1 aromatic carbocycles. The third kappa shape index (κ3) is 5.82. The van der Waals surface area contributed by atoms with Crippen LogP contribution in [-0.4, -0.2) is 47.6 Å². The van der Waals surface area contributed by atoms with E-state index in [9.17, 15) is 0 Å². The van der Waals surface area contributed by atoms with Gasteiger partial charge in [0.05, 0.1) is 6.54 Å². The molecule has 6 nitrogen and oxygen atoms in total. The second-order valence-electron chi connectivity index (χ2n) is 7.19. The summed E-state index contributed by atoms with van der Waals surface area (Å²) in [6, 6.07) is 11.3. The fraction of sp³-hybridized carbons (Fsp3) is 0.524. The first kappa shape index (κ1) is 19.4. The number of benzene rings is 1. The average molecular weight is 370 g/mol. The van der Waals surface area contributed by atoms with Gasteiger partial charge < -0.3 is 15.1 Å². The minimum absolute atomic E-state index is 0.488. The van der Waals surface area contributed by atoms with E-state index in [0.29, 0.717) is 18.5 Å². The lowest BCUT2D eigenvalue weighted by molar-refractivity contribution is 0.215. The summed E-state index contributed by atoms with van der Waals surface area (Å²) in [7, 11) is 0. The highest BCUT2D eigenvalue weighted by Gasteiger charge is 2.30. The van der Waals surface area contributed by atoms with Gasteiger partial charge in [-0.25, -0.2) is 9.98 Å². The fourth-order valence-corrected chi connectivity index (χ4v) is 3.17. The second kappa shape index (κ2) is 9.55. The Morgan fingerprint density at radius 1 is 1.26 bits per heavy atom. The maximum atomic E-state index is 5.59. The first-order valence-corrected chi connectivity index (χ1v) is 9.95. The lowest BCUT2D eigenvalue weighted by Gasteiger charge is -2.26. The lowest BCUT2D eigenvalue weighted by atomic mass is 10.2. The van der Waals surface area contributed by atoms with Crippen molar-refractivity contribution in [2.24, 2.45) is 4.99 Å². The Bertz CT molecular complexity index is 719. The maximum absolute atomic E-state index is 5.59. The van der Waals surface area contributed by atoms with Crippen molar-refractivity contribution in [2.75, 3.05) is 19.6 Å². The fourth-order valence-electron chi connectivity index (χ4n) is 3.17. The molecule has 1 saturated carbocycles. The zero-order valence-corrected chi connectivity index (χ0v) is 16.6. The Hall–Kier alpha value is -2.34. The maximum Gasteiger partial charge on any atom is 0.226 e. The van der Waals surface area contributed by atoms with Gasteiger partial charge in [0.15, 0.2) is 5.96 Å². The van der Waals surface area contributed by atoms with E-state index in [1.54, 1.807) is 6.26 Å². The van der Waals surface area contributed by atoms with Crippen LogP contribution in [0.1, 0.15) is 39.3 Å². The molecule has 0 radical (unpaired) electrons. The van der Waals surface area contributed by atoms with Crippen molar-refractivity contribution in [3.05, 3.63) is 42.3 Å². The first-order valence-electron chi connectivity index (χ1n) is 9.95. The molecule has 1 heterocycles. The molecule has 0 saturated heterocycles. The Kier molecular flexibility index (Phi) is 6.87. The summed E-state index contributed by atoms with van der Waals surface area (Å²) < 4.78 is 5.59. The molecule has 3 rings (SSSR count). The van der Waals surface area contributed by atoms with Gasteiger partial charge >= 0.3 is 0 Å². The number of hydrogen-bond acceptors (Lipinski definition) is 4. The summed E-state index contributed by atoms with van der Waals surface area (Å²) in [6.45, 7) is 9.85. The van der Waals surface area contributed by atoms with Crippen molar-refractivity contribution >= 4 is 5.96 Å². The van der Waals surface area contributed by atoms with Crippen LogP contribution in [0.15, 0.2) is 46.0 Å². The van der Waals surface area contributed by atoms with Crippen LogP contribution >= 0.6 is 0 Å². The number of hydrogen-bond donors (Lipinski definition) is 2. The van der Waals surface area contributed by atoms with Crippen LogP contribution in [0.4, 0.5) is 0 Å². The van der Waals surface area contributed by atoms with E-state index in [-0.39, 0.29) is 0 Å². The number of nitrogens with zero attached hydrogens (tertiary/aromatic N) is 3. The van der Waals surface area contributed by atoms with Crippen LogP contribution in [0.25, 0.3) is 11.5 Å². The van der Waals surface area contributed by atoms with Gasteiger partial charge in [0.1, 0.15) is 12.0 Å². The zero-order chi connectivity index (χ0) is 19.1. The predicted molar refractivity (Wildman–Crippen MR) is 110 cm³/mol. The van der Waals surface area contributed by atoms with E-state index < -0.39 is 0 Å². The van der Waals surface area contributed by atoms with Crippen LogP contribution in [0, 0.1) is 0 Å². The van der Waals surface area contributed by atoms with Gasteiger partial charge in [-0.1, -0.05) is 18.2 Å². The molecule has 1 aromatic heterocycles. The van der Waals surface area contributed by atoms with E-state index in [1.807, 2.05) is 30.3 Å². The molecule has 2 aromatic rings. The van der Waals surface area contributed by atoms with Crippen molar-refractivity contribution in [3.8, 4) is 11.5 Å². The van der Waals surface area contributed by atoms with Crippen molar-refractivity contribution in [3.63, 3.8) is 0 Å². The third-order valence-electron chi connectivity index (χ3n) is 4.66. The van der Waals surface area contributed by atoms with Crippen LogP contribution in [-0.2, 0) is 6.54 Å². The van der Waals surface area contributed by atoms with Gasteiger partial charge in [-0.2, -0.15) is 0 Å². The minimum Gasteiger partial charge on any atom is -0.444 e. The number of aliphatic imine (C=N–C) groups is 1. The predicted octanol–water partition coefficient (Wildman–Crippen LogP) is 3.27. The number of aromatic nitrogens is 1. The molecule has 1 fully saturated rings. The highest BCUT2D eigenvalue weighted by Crippen LogP contribution is 2.27. The van der Waals surface area contributed by atoms with Crippen LogP contribution in [0.2, 0.25) is 0 Å². The van der Waals surface area contributed by atoms with Gasteiger partial charge in [0.2, 0.25) is 5.89 Å². The van der Waals surface area contributed by atoms with E-state index in [0.717, 1.165) is 42.9 Å². The smallest absolute Gasteiger partial charge is 0.226 e. The summed E-state index contributed by atoms with van der Waals surface area (Å²) in [5.41, 5.74) is 1.81. The molecule has 6 heteroatoms. The molecule has 1 aliphatic rings. The standard InChI is InChI=1S/C21H31N5O/c1-4-22-21(23-12-13-26(16(2)3)19-10-11-19)24-14-18-15-27-20(25-18)17-8-6-5-7-9-17/h5-9,15-16,19H,4,10-14H2,1-3H3,(H2,22,23,24). The molecule has 146 valence electrons. The summed E-state index contributed by atoms with van der Waals surface area (Å²) in [4.78, 5) is 11.8. The van der Waals surface area contributed by atoms with E-state index in [2.05, 4.69) is 46.3 Å². The largest absolute Gasteiger partial charge is 0.444 e. The molecule has 0 unspecified atom stereocenters. The van der Waals surface area contributed by atoms with Gasteiger partial charge in [-0.15, -0.1) is 0 Å². The minimum atomic E-state index is 0.488. The average Bonchev–Trinajstić information content (AvgIpc) is 3.40. The number of oxazole rings is 1. The summed E-state index contributed by atoms with van der Waals surface area (Å²) >= 11 is 0. The van der Waals surface area contributed by atoms with E-state index >= 15 is 0 Å². The second-order valence-corrected chi connectivity index (χ2v) is 7.19. The van der Waals surface area contributed by atoms with Crippen LogP contribution < -0.4 is 10.6 Å². The van der Waals surface area contributed by atoms with Crippen molar-refractivity contribution in [1.82, 2.24) is 20.5 Å². The van der Waals surface area contributed by atoms with E-state index in [4.69, 9.17) is 4.42 Å². The molecule has 0 amide bonds. The zero-order valence-electron chi connectivity index (χ0n) is 16.6. The molecular formula is C21H31N5O. The van der Waals surface area contributed by atoms with Crippen molar-refractivity contribution in [2.45, 2.75) is 52.2 Å². The van der Waals surface area contributed by atoms with Gasteiger partial charge in [0.25, 0.3) is 0 Å². The molecule has 0 aliphatic heterocycles. The first-order chi connectivity index (χ1) is 13.2. The molecular weight excluding hydrogens is 338 g/mol. The highest BCUT2D eigenvalue weighted by atomic mass is 16.3. The highest BCUT2D eigenvalue weighted by molar-refractivity contribution is 5.79. The summed E-state index contributed by atoms with van der Waals surface area (Å²) in [6.07, 6.45) is 4.35. The molecule has 27 heavy (non-hydrogen) atoms. The molecule has 0 atom stereocenters. The molecule has 0 spiro atoms. The number of nitrogens with one attached hydrogen (secondary N) is 2. The van der Waals surface area contributed by atoms with Gasteiger partial charge in [-0.3, -0.25) is 4.90 Å². The number of rotatable bonds is 9. The SMILES string of the molecule is CCNC(=NCc1coc(-c2ccccc2)n1)NCCN(C(C)C)C1CC1. The Labute approximate surface area is 162 Å². The van der Waals surface area contributed by atoms with Crippen LogP contribution in [0.3, 0.4) is 0 Å². The molecule has 0 bridgehead atoms. The van der Waals surface area contributed by atoms with E-state index in [1.165, 1.54) is 12.8 Å². The van der Waals surface area contributed by atoms with Crippen molar-refractivity contribution in [1.29, 1.82) is 0 Å². The van der Waals surface area contributed by atoms with Gasteiger partial charge in [-0.05, 0) is 45.7 Å². The number of guanidine groups is 1. The van der Waals surface area contributed by atoms with Crippen molar-refractivity contribution < 1.29 is 4.42 Å². The lowest BCUT2D eigenvalue weighted by Crippen LogP contribution is -2.43. The van der Waals surface area contributed by atoms with Gasteiger partial charge in [0, 0.05) is 37.3 Å². The summed E-state index contributed by atoms with van der Waals surface area (Å²) in [5.74, 6) is 1.46. The Morgan fingerprint density at radius 2 is 2.04 bits per heavy atom. The molecule has 2 N–H and O–H groups in total. The topological polar surface area (TPSA) is 65.7 Å². The molecule has 1 aliphatic carbocycles. The normalized spacial score (nSPS) is 14.8. The quantitative estimate of drug-likeness (QED) is 0.525. The monoisotopic (exact) mass is 369 g/mol. The van der Waals surface area contributed by atoms with Crippen LogP contribution in [0.5, 0.6) is 0 Å².